The van der Waals surface area contributed by atoms with Gasteiger partial charge < -0.3 is 10.1 Å². The Hall–Kier alpha value is -2.30. The number of nitrogens with zero attached hydrogens (tertiary/aromatic N) is 1. The smallest absolute Gasteiger partial charge is 0.269 e. The zero-order valence-corrected chi connectivity index (χ0v) is 11.1. The van der Waals surface area contributed by atoms with Crippen molar-refractivity contribution in [3.63, 3.8) is 0 Å². The van der Waals surface area contributed by atoms with Crippen LogP contribution in [0.1, 0.15) is 29.8 Å². The highest BCUT2D eigenvalue weighted by molar-refractivity contribution is 5.92. The average molecular weight is 271 g/mol. The lowest BCUT2D eigenvalue weighted by Crippen LogP contribution is -2.42. The van der Waals surface area contributed by atoms with Gasteiger partial charge in [0.15, 0.2) is 0 Å². The first kappa shape index (κ1) is 12.7. The van der Waals surface area contributed by atoms with Crippen LogP contribution < -0.4 is 10.1 Å². The van der Waals surface area contributed by atoms with Crippen LogP contribution in [0.5, 0.6) is 5.75 Å². The number of aromatic nitrogens is 2. The summed E-state index contributed by atoms with van der Waals surface area (Å²) in [5, 5.41) is 9.48. The van der Waals surface area contributed by atoms with E-state index >= 15 is 0 Å². The molecule has 0 saturated heterocycles. The Labute approximate surface area is 117 Å². The molecule has 3 rings (SSSR count). The lowest BCUT2D eigenvalue weighted by Gasteiger charge is -2.22. The minimum absolute atomic E-state index is 0.0317. The summed E-state index contributed by atoms with van der Waals surface area (Å²) in [6, 6.07) is 11.4. The number of amides is 1. The second-order valence-electron chi connectivity index (χ2n) is 4.95. The Bertz CT molecular complexity index is 554. The van der Waals surface area contributed by atoms with Gasteiger partial charge in [0, 0.05) is 6.20 Å². The van der Waals surface area contributed by atoms with Gasteiger partial charge in [0.05, 0.1) is 6.04 Å². The zero-order chi connectivity index (χ0) is 13.8. The summed E-state index contributed by atoms with van der Waals surface area (Å²) < 4.78 is 5.97. The first-order chi connectivity index (χ1) is 9.83. The predicted octanol–water partition coefficient (Wildman–Crippen LogP) is 2.14. The Kier molecular flexibility index (Phi) is 3.67. The van der Waals surface area contributed by atoms with Gasteiger partial charge in [0.1, 0.15) is 17.5 Å². The molecule has 5 heteroatoms. The molecule has 2 N–H and O–H groups in total. The van der Waals surface area contributed by atoms with E-state index in [4.69, 9.17) is 4.74 Å². The summed E-state index contributed by atoms with van der Waals surface area (Å²) >= 11 is 0. The molecule has 2 atom stereocenters. The van der Waals surface area contributed by atoms with Gasteiger partial charge in [-0.1, -0.05) is 18.2 Å². The van der Waals surface area contributed by atoms with Crippen molar-refractivity contribution in [3.05, 3.63) is 48.3 Å². The molecule has 1 aliphatic carbocycles. The normalized spacial score (nSPS) is 21.6. The van der Waals surface area contributed by atoms with Crippen LogP contribution in [0.15, 0.2) is 42.6 Å². The number of para-hydroxylation sites is 1. The van der Waals surface area contributed by atoms with Crippen LogP contribution in [-0.2, 0) is 0 Å². The lowest BCUT2D eigenvalue weighted by atomic mass is 10.2. The lowest BCUT2D eigenvalue weighted by molar-refractivity contribution is 0.0889. The molecular weight excluding hydrogens is 254 g/mol. The maximum Gasteiger partial charge on any atom is 0.269 e. The summed E-state index contributed by atoms with van der Waals surface area (Å²) in [7, 11) is 0. The van der Waals surface area contributed by atoms with Crippen molar-refractivity contribution >= 4 is 5.91 Å². The van der Waals surface area contributed by atoms with Crippen molar-refractivity contribution in [2.45, 2.75) is 31.4 Å². The summed E-state index contributed by atoms with van der Waals surface area (Å²) in [6.07, 6.45) is 4.57. The third kappa shape index (κ3) is 2.82. The molecule has 0 unspecified atom stereocenters. The van der Waals surface area contributed by atoms with E-state index in [0.717, 1.165) is 25.0 Å². The van der Waals surface area contributed by atoms with Gasteiger partial charge in [-0.25, -0.2) is 0 Å². The van der Waals surface area contributed by atoms with Crippen molar-refractivity contribution in [3.8, 4) is 5.75 Å². The minimum Gasteiger partial charge on any atom is -0.488 e. The fourth-order valence-corrected chi connectivity index (χ4v) is 2.53. The van der Waals surface area contributed by atoms with Crippen LogP contribution in [0.4, 0.5) is 0 Å². The Morgan fingerprint density at radius 3 is 2.85 bits per heavy atom. The SMILES string of the molecule is O=C(N[C@@H]1CCC[C@H]1Oc1ccccc1)c1ccn[nH]1. The summed E-state index contributed by atoms with van der Waals surface area (Å²) in [5.41, 5.74) is 0.482. The molecule has 1 aliphatic rings. The maximum atomic E-state index is 12.0. The fraction of sp³-hybridized carbons (Fsp3) is 0.333. The van der Waals surface area contributed by atoms with E-state index in [1.165, 1.54) is 0 Å². The summed E-state index contributed by atoms with van der Waals surface area (Å²) in [6.45, 7) is 0. The largest absolute Gasteiger partial charge is 0.488 e. The average Bonchev–Trinajstić information content (AvgIpc) is 3.12. The number of carbonyl (C=O) groups is 1. The summed E-state index contributed by atoms with van der Waals surface area (Å²) in [5.74, 6) is 0.719. The maximum absolute atomic E-state index is 12.0. The molecule has 104 valence electrons. The molecule has 0 bridgehead atoms. The Morgan fingerprint density at radius 2 is 2.10 bits per heavy atom. The van der Waals surface area contributed by atoms with E-state index in [9.17, 15) is 4.79 Å². The second-order valence-corrected chi connectivity index (χ2v) is 4.95. The molecule has 1 saturated carbocycles. The van der Waals surface area contributed by atoms with Crippen molar-refractivity contribution in [2.24, 2.45) is 0 Å². The summed E-state index contributed by atoms with van der Waals surface area (Å²) in [4.78, 5) is 12.0. The third-order valence-electron chi connectivity index (χ3n) is 3.55. The molecule has 5 nitrogen and oxygen atoms in total. The number of nitrogens with one attached hydrogen (secondary N) is 2. The van der Waals surface area contributed by atoms with E-state index < -0.39 is 0 Å². The molecule has 20 heavy (non-hydrogen) atoms. The first-order valence-corrected chi connectivity index (χ1v) is 6.85. The van der Waals surface area contributed by atoms with Gasteiger partial charge in [-0.3, -0.25) is 9.89 Å². The van der Waals surface area contributed by atoms with Crippen molar-refractivity contribution in [1.29, 1.82) is 0 Å². The van der Waals surface area contributed by atoms with Crippen LogP contribution in [-0.4, -0.2) is 28.3 Å². The molecule has 0 spiro atoms. The fourth-order valence-electron chi connectivity index (χ4n) is 2.53. The van der Waals surface area contributed by atoms with Gasteiger partial charge in [-0.05, 0) is 37.5 Å². The number of ether oxygens (including phenoxy) is 1. The number of aromatic amines is 1. The number of rotatable bonds is 4. The van der Waals surface area contributed by atoms with Gasteiger partial charge in [0.2, 0.25) is 0 Å². The van der Waals surface area contributed by atoms with Crippen molar-refractivity contribution in [2.75, 3.05) is 0 Å². The van der Waals surface area contributed by atoms with E-state index in [2.05, 4.69) is 15.5 Å². The zero-order valence-electron chi connectivity index (χ0n) is 11.1. The van der Waals surface area contributed by atoms with Crippen molar-refractivity contribution in [1.82, 2.24) is 15.5 Å². The highest BCUT2D eigenvalue weighted by atomic mass is 16.5. The van der Waals surface area contributed by atoms with E-state index in [1.54, 1.807) is 12.3 Å². The number of carbonyl (C=O) groups excluding carboxylic acids is 1. The Balaban J connectivity index is 1.62. The van der Waals surface area contributed by atoms with Gasteiger partial charge in [0.25, 0.3) is 5.91 Å². The topological polar surface area (TPSA) is 67.0 Å². The number of hydrogen-bond donors (Lipinski definition) is 2. The van der Waals surface area contributed by atoms with Crippen molar-refractivity contribution < 1.29 is 9.53 Å². The van der Waals surface area contributed by atoms with Crippen LogP contribution in [0.25, 0.3) is 0 Å². The number of hydrogen-bond acceptors (Lipinski definition) is 3. The highest BCUT2D eigenvalue weighted by Gasteiger charge is 2.30. The number of H-pyrrole nitrogens is 1. The molecular formula is C15H17N3O2. The molecule has 1 aromatic carbocycles. The van der Waals surface area contributed by atoms with Crippen LogP contribution >= 0.6 is 0 Å². The minimum atomic E-state index is -0.129. The van der Waals surface area contributed by atoms with Crippen LogP contribution in [0, 0.1) is 0 Å². The molecule has 0 radical (unpaired) electrons. The number of benzene rings is 1. The molecule has 2 aromatic rings. The quantitative estimate of drug-likeness (QED) is 0.895. The molecule has 1 fully saturated rings. The monoisotopic (exact) mass is 271 g/mol. The van der Waals surface area contributed by atoms with E-state index in [0.29, 0.717) is 5.69 Å². The molecule has 0 aliphatic heterocycles. The molecule has 1 heterocycles. The van der Waals surface area contributed by atoms with Crippen LogP contribution in [0.3, 0.4) is 0 Å². The van der Waals surface area contributed by atoms with Gasteiger partial charge in [-0.15, -0.1) is 0 Å². The Morgan fingerprint density at radius 1 is 1.25 bits per heavy atom. The van der Waals surface area contributed by atoms with Gasteiger partial charge in [-0.2, -0.15) is 5.10 Å². The highest BCUT2D eigenvalue weighted by Crippen LogP contribution is 2.24. The van der Waals surface area contributed by atoms with E-state index in [1.807, 2.05) is 30.3 Å². The van der Waals surface area contributed by atoms with E-state index in [-0.39, 0.29) is 18.1 Å². The third-order valence-corrected chi connectivity index (χ3v) is 3.55. The van der Waals surface area contributed by atoms with Crippen LogP contribution in [0.2, 0.25) is 0 Å². The van der Waals surface area contributed by atoms with Gasteiger partial charge >= 0.3 is 0 Å². The second kappa shape index (κ2) is 5.77. The predicted molar refractivity (Wildman–Crippen MR) is 74.6 cm³/mol. The standard InChI is InChI=1S/C15H17N3O2/c19-15(13-9-10-16-18-13)17-12-7-4-8-14(12)20-11-5-2-1-3-6-11/h1-3,5-6,9-10,12,14H,4,7-8H2,(H,16,18)(H,17,19)/t12-,14-/m1/s1. The first-order valence-electron chi connectivity index (χ1n) is 6.85. The molecule has 1 aromatic heterocycles. The molecule has 1 amide bonds.